The summed E-state index contributed by atoms with van der Waals surface area (Å²) in [5.74, 6) is -0.405. The third-order valence-electron chi connectivity index (χ3n) is 1.67. The molecule has 0 heterocycles. The molecule has 1 atom stereocenters. The Labute approximate surface area is 80.7 Å². The molecule has 2 nitrogen and oxygen atoms in total. The van der Waals surface area contributed by atoms with E-state index in [9.17, 15) is 4.39 Å². The minimum absolute atomic E-state index is 0.172. The summed E-state index contributed by atoms with van der Waals surface area (Å²) in [7, 11) is 0. The third-order valence-corrected chi connectivity index (χ3v) is 2.00. The molecule has 2 N–H and O–H groups in total. The van der Waals surface area contributed by atoms with Crippen LogP contribution in [0.5, 0.6) is 0 Å². The summed E-state index contributed by atoms with van der Waals surface area (Å²) in [5, 5.41) is 8.66. The van der Waals surface area contributed by atoms with Crippen LogP contribution in [0.1, 0.15) is 18.0 Å². The molecule has 0 aliphatic heterocycles. The molecule has 1 aromatic rings. The van der Waals surface area contributed by atoms with E-state index in [-0.39, 0.29) is 11.4 Å². The van der Waals surface area contributed by atoms with Gasteiger partial charge < -0.3 is 5.73 Å². The van der Waals surface area contributed by atoms with Crippen LogP contribution in [-0.2, 0) is 0 Å². The molecule has 0 spiro atoms. The lowest BCUT2D eigenvalue weighted by Crippen LogP contribution is -2.09. The summed E-state index contributed by atoms with van der Waals surface area (Å²) in [6, 6.07) is 5.45. The molecule has 1 aromatic carbocycles. The van der Waals surface area contributed by atoms with E-state index in [2.05, 4.69) is 0 Å². The molecule has 4 heteroatoms. The van der Waals surface area contributed by atoms with Crippen molar-refractivity contribution in [2.24, 2.45) is 5.73 Å². The highest BCUT2D eigenvalue weighted by atomic mass is 35.5. The van der Waals surface area contributed by atoms with Crippen LogP contribution in [0.2, 0.25) is 5.02 Å². The van der Waals surface area contributed by atoms with Gasteiger partial charge in [0.1, 0.15) is 5.82 Å². The molecule has 0 saturated carbocycles. The summed E-state index contributed by atoms with van der Waals surface area (Å²) < 4.78 is 12.6. The fourth-order valence-electron chi connectivity index (χ4n) is 1.01. The second-order valence-electron chi connectivity index (χ2n) is 2.63. The van der Waals surface area contributed by atoms with E-state index in [1.54, 1.807) is 0 Å². The van der Waals surface area contributed by atoms with E-state index in [0.717, 1.165) is 0 Å². The van der Waals surface area contributed by atoms with Gasteiger partial charge in [-0.25, -0.2) is 4.39 Å². The summed E-state index contributed by atoms with van der Waals surface area (Å²) >= 11 is 5.73. The van der Waals surface area contributed by atoms with Crippen molar-refractivity contribution in [2.75, 3.05) is 0 Å². The van der Waals surface area contributed by atoms with E-state index in [4.69, 9.17) is 22.6 Å². The predicted octanol–water partition coefficient (Wildman–Crippen LogP) is 2.39. The number of rotatable bonds is 2. The van der Waals surface area contributed by atoms with E-state index < -0.39 is 11.9 Å². The first-order chi connectivity index (χ1) is 6.15. The maximum atomic E-state index is 12.6. The molecule has 0 aliphatic rings. The Hall–Kier alpha value is -1.11. The lowest BCUT2D eigenvalue weighted by Gasteiger charge is -2.09. The Kier molecular flexibility index (Phi) is 3.24. The van der Waals surface area contributed by atoms with Gasteiger partial charge in [0.05, 0.1) is 12.5 Å². The fourth-order valence-corrected chi connectivity index (χ4v) is 1.32. The van der Waals surface area contributed by atoms with Crippen LogP contribution >= 0.6 is 11.6 Å². The van der Waals surface area contributed by atoms with E-state index >= 15 is 0 Å². The summed E-state index contributed by atoms with van der Waals surface area (Å²) in [5.41, 5.74) is 6.23. The largest absolute Gasteiger partial charge is 0.323 e. The molecule has 68 valence electrons. The van der Waals surface area contributed by atoms with Crippen LogP contribution < -0.4 is 5.73 Å². The van der Waals surface area contributed by atoms with Gasteiger partial charge >= 0.3 is 0 Å². The zero-order valence-corrected chi connectivity index (χ0v) is 7.55. The fraction of sp³-hybridized carbons (Fsp3) is 0.222. The predicted molar refractivity (Wildman–Crippen MR) is 48.6 cm³/mol. The van der Waals surface area contributed by atoms with Crippen molar-refractivity contribution < 1.29 is 4.39 Å². The summed E-state index contributed by atoms with van der Waals surface area (Å²) in [6.07, 6.45) is 0.172. The molecule has 0 bridgehead atoms. The second-order valence-corrected chi connectivity index (χ2v) is 3.04. The highest BCUT2D eigenvalue weighted by Gasteiger charge is 2.09. The molecule has 0 fully saturated rings. The molecule has 0 amide bonds. The van der Waals surface area contributed by atoms with Gasteiger partial charge in [0, 0.05) is 11.1 Å². The molecular weight excluding hydrogens is 191 g/mol. The van der Waals surface area contributed by atoms with Gasteiger partial charge in [0.15, 0.2) is 0 Å². The van der Waals surface area contributed by atoms with Crippen molar-refractivity contribution in [3.05, 3.63) is 34.6 Å². The first kappa shape index (κ1) is 9.97. The summed E-state index contributed by atoms with van der Waals surface area (Å²) in [4.78, 5) is 0. The zero-order valence-electron chi connectivity index (χ0n) is 6.80. The van der Waals surface area contributed by atoms with Crippen molar-refractivity contribution in [2.45, 2.75) is 12.5 Å². The first-order valence-corrected chi connectivity index (χ1v) is 4.10. The highest BCUT2D eigenvalue weighted by molar-refractivity contribution is 6.31. The lowest BCUT2D eigenvalue weighted by molar-refractivity contribution is 0.625. The minimum Gasteiger partial charge on any atom is -0.323 e. The molecule has 1 rings (SSSR count). The number of benzene rings is 1. The average molecular weight is 199 g/mol. The van der Waals surface area contributed by atoms with Crippen LogP contribution in [0, 0.1) is 17.1 Å². The van der Waals surface area contributed by atoms with Crippen molar-refractivity contribution in [3.8, 4) is 6.07 Å². The van der Waals surface area contributed by atoms with Gasteiger partial charge in [-0.05, 0) is 17.7 Å². The molecule has 13 heavy (non-hydrogen) atoms. The molecule has 0 saturated heterocycles. The van der Waals surface area contributed by atoms with E-state index in [0.29, 0.717) is 5.56 Å². The van der Waals surface area contributed by atoms with Crippen molar-refractivity contribution in [1.29, 1.82) is 5.26 Å². The van der Waals surface area contributed by atoms with Crippen LogP contribution in [-0.4, -0.2) is 0 Å². The van der Waals surface area contributed by atoms with Crippen molar-refractivity contribution in [1.82, 2.24) is 0 Å². The number of nitrogens with two attached hydrogens (primary N) is 1. The second kappa shape index (κ2) is 4.22. The normalized spacial score (nSPS) is 12.2. The van der Waals surface area contributed by atoms with Gasteiger partial charge in [-0.3, -0.25) is 0 Å². The minimum atomic E-state index is -0.446. The molecular formula is C9H8ClFN2. The third kappa shape index (κ3) is 2.41. The van der Waals surface area contributed by atoms with Crippen molar-refractivity contribution >= 4 is 11.6 Å². The number of nitriles is 1. The van der Waals surface area contributed by atoms with E-state index in [1.165, 1.54) is 18.2 Å². The Bertz CT molecular complexity index is 346. The van der Waals surface area contributed by atoms with Gasteiger partial charge in [0.2, 0.25) is 0 Å². The highest BCUT2D eigenvalue weighted by Crippen LogP contribution is 2.23. The maximum Gasteiger partial charge on any atom is 0.124 e. The van der Waals surface area contributed by atoms with Crippen LogP contribution in [0.15, 0.2) is 18.2 Å². The van der Waals surface area contributed by atoms with Crippen molar-refractivity contribution in [3.63, 3.8) is 0 Å². The number of nitrogens with zero attached hydrogens (tertiary/aromatic N) is 1. The molecule has 0 aromatic heterocycles. The number of hydrogen-bond acceptors (Lipinski definition) is 2. The van der Waals surface area contributed by atoms with Gasteiger partial charge in [-0.15, -0.1) is 0 Å². The Morgan fingerprint density at radius 3 is 2.85 bits per heavy atom. The first-order valence-electron chi connectivity index (χ1n) is 3.72. The quantitative estimate of drug-likeness (QED) is 0.793. The van der Waals surface area contributed by atoms with Gasteiger partial charge in [-0.2, -0.15) is 5.26 Å². The molecule has 0 aliphatic carbocycles. The summed E-state index contributed by atoms with van der Waals surface area (Å²) in [6.45, 7) is 0. The van der Waals surface area contributed by atoms with Gasteiger partial charge in [-0.1, -0.05) is 17.7 Å². The average Bonchev–Trinajstić information content (AvgIpc) is 2.04. The number of hydrogen-bond donors (Lipinski definition) is 1. The Balaban J connectivity index is 2.96. The molecule has 1 unspecified atom stereocenters. The Morgan fingerprint density at radius 2 is 2.31 bits per heavy atom. The zero-order chi connectivity index (χ0) is 9.84. The maximum absolute atomic E-state index is 12.6. The standard InChI is InChI=1S/C9H8ClFN2/c10-8-5-6(11)1-2-7(8)9(13)3-4-12/h1-2,5,9H,3,13H2. The SMILES string of the molecule is N#CCC(N)c1ccc(F)cc1Cl. The number of halogens is 2. The lowest BCUT2D eigenvalue weighted by atomic mass is 10.1. The van der Waals surface area contributed by atoms with Crippen LogP contribution in [0.25, 0.3) is 0 Å². The van der Waals surface area contributed by atoms with E-state index in [1.807, 2.05) is 6.07 Å². The molecule has 0 radical (unpaired) electrons. The van der Waals surface area contributed by atoms with Crippen LogP contribution in [0.4, 0.5) is 4.39 Å². The Morgan fingerprint density at radius 1 is 1.62 bits per heavy atom. The van der Waals surface area contributed by atoms with Gasteiger partial charge in [0.25, 0.3) is 0 Å². The monoisotopic (exact) mass is 198 g/mol. The smallest absolute Gasteiger partial charge is 0.124 e. The topological polar surface area (TPSA) is 49.8 Å². The van der Waals surface area contributed by atoms with Crippen LogP contribution in [0.3, 0.4) is 0 Å².